The second-order valence-electron chi connectivity index (χ2n) is 5.93. The van der Waals surface area contributed by atoms with E-state index in [0.717, 1.165) is 35.7 Å². The molecule has 4 rings (SSSR count). The molecule has 0 spiro atoms. The van der Waals surface area contributed by atoms with E-state index in [1.54, 1.807) is 24.3 Å². The van der Waals surface area contributed by atoms with Crippen molar-refractivity contribution in [3.05, 3.63) is 65.2 Å². The summed E-state index contributed by atoms with van der Waals surface area (Å²) in [6.45, 7) is 2.98. The molecule has 0 atom stereocenters. The number of nitrogens with zero attached hydrogens (tertiary/aromatic N) is 2. The number of hydrogen-bond acceptors (Lipinski definition) is 3. The Morgan fingerprint density at radius 1 is 1.17 bits per heavy atom. The molecule has 1 aliphatic rings. The number of carboxylic acids is 1. The van der Waals surface area contributed by atoms with Crippen LogP contribution in [-0.2, 0) is 6.42 Å². The Morgan fingerprint density at radius 3 is 2.62 bits per heavy atom. The Hall–Kier alpha value is -3.08. The molecule has 2 aromatic carbocycles. The summed E-state index contributed by atoms with van der Waals surface area (Å²) in [6.07, 6.45) is 0.937. The molecule has 0 fully saturated rings. The molecule has 0 aliphatic carbocycles. The number of benzene rings is 2. The number of anilines is 1. The first kappa shape index (κ1) is 14.5. The van der Waals surface area contributed by atoms with Gasteiger partial charge < -0.3 is 10.4 Å². The summed E-state index contributed by atoms with van der Waals surface area (Å²) in [6, 6.07) is 15.0. The van der Waals surface area contributed by atoms with Crippen LogP contribution in [0.15, 0.2) is 48.5 Å². The minimum Gasteiger partial charge on any atom is -0.478 e. The van der Waals surface area contributed by atoms with E-state index < -0.39 is 5.97 Å². The largest absolute Gasteiger partial charge is 0.478 e. The summed E-state index contributed by atoms with van der Waals surface area (Å²) in [5, 5.41) is 17.3. The second kappa shape index (κ2) is 5.53. The quantitative estimate of drug-likeness (QED) is 0.775. The molecule has 5 nitrogen and oxygen atoms in total. The topological polar surface area (TPSA) is 67.2 Å². The van der Waals surface area contributed by atoms with E-state index in [1.807, 2.05) is 16.8 Å². The van der Waals surface area contributed by atoms with E-state index in [2.05, 4.69) is 24.4 Å². The van der Waals surface area contributed by atoms with Gasteiger partial charge in [0, 0.05) is 17.7 Å². The zero-order valence-corrected chi connectivity index (χ0v) is 13.3. The first-order chi connectivity index (χ1) is 11.6. The molecule has 1 aromatic heterocycles. The number of aromatic carboxylic acids is 1. The zero-order chi connectivity index (χ0) is 16.7. The highest BCUT2D eigenvalue weighted by atomic mass is 16.4. The first-order valence-electron chi connectivity index (χ1n) is 7.90. The van der Waals surface area contributed by atoms with Gasteiger partial charge in [-0.05, 0) is 43.2 Å². The number of nitrogens with one attached hydrogen (secondary N) is 1. The molecule has 0 bridgehead atoms. The van der Waals surface area contributed by atoms with E-state index in [0.29, 0.717) is 0 Å². The number of carboxylic acid groups (broad SMARTS) is 1. The maximum Gasteiger partial charge on any atom is 0.335 e. The van der Waals surface area contributed by atoms with Crippen molar-refractivity contribution in [2.45, 2.75) is 13.3 Å². The summed E-state index contributed by atoms with van der Waals surface area (Å²) in [5.74, 6) is 0.0716. The predicted octanol–water partition coefficient (Wildman–Crippen LogP) is 3.51. The molecule has 1 aliphatic heterocycles. The van der Waals surface area contributed by atoms with Crippen molar-refractivity contribution in [3.63, 3.8) is 0 Å². The molecule has 0 radical (unpaired) electrons. The summed E-state index contributed by atoms with van der Waals surface area (Å²) < 4.78 is 1.87. The van der Waals surface area contributed by atoms with E-state index in [-0.39, 0.29) is 5.56 Å². The van der Waals surface area contributed by atoms with Crippen LogP contribution in [0.5, 0.6) is 0 Å². The molecule has 2 heterocycles. The number of carbonyl (C=O) groups is 1. The van der Waals surface area contributed by atoms with Crippen molar-refractivity contribution in [3.8, 4) is 16.9 Å². The molecule has 0 amide bonds. The van der Waals surface area contributed by atoms with Crippen LogP contribution in [0.2, 0.25) is 0 Å². The van der Waals surface area contributed by atoms with Gasteiger partial charge in [-0.25, -0.2) is 9.48 Å². The van der Waals surface area contributed by atoms with Crippen molar-refractivity contribution in [2.24, 2.45) is 0 Å². The summed E-state index contributed by atoms with van der Waals surface area (Å²) >= 11 is 0. The molecule has 3 aromatic rings. The van der Waals surface area contributed by atoms with Gasteiger partial charge in [0.05, 0.1) is 16.9 Å². The van der Waals surface area contributed by atoms with Crippen molar-refractivity contribution in [1.82, 2.24) is 9.78 Å². The maximum absolute atomic E-state index is 11.0. The highest BCUT2D eigenvalue weighted by Crippen LogP contribution is 2.35. The minimum absolute atomic E-state index is 0.273. The Labute approximate surface area is 139 Å². The van der Waals surface area contributed by atoms with Crippen LogP contribution in [0.25, 0.3) is 16.9 Å². The number of rotatable bonds is 3. The highest BCUT2D eigenvalue weighted by molar-refractivity contribution is 5.87. The lowest BCUT2D eigenvalue weighted by atomic mass is 10.0. The van der Waals surface area contributed by atoms with Crippen LogP contribution in [0.4, 0.5) is 5.82 Å². The third-order valence-corrected chi connectivity index (χ3v) is 4.41. The highest BCUT2D eigenvalue weighted by Gasteiger charge is 2.24. The molecular formula is C19H17N3O2. The molecule has 5 heteroatoms. The fraction of sp³-hybridized carbons (Fsp3) is 0.158. The van der Waals surface area contributed by atoms with Gasteiger partial charge in [0.15, 0.2) is 0 Å². The van der Waals surface area contributed by atoms with Gasteiger partial charge in [-0.1, -0.05) is 24.3 Å². The zero-order valence-electron chi connectivity index (χ0n) is 13.3. The lowest BCUT2D eigenvalue weighted by Crippen LogP contribution is -2.05. The normalized spacial score (nSPS) is 12.7. The van der Waals surface area contributed by atoms with E-state index in [9.17, 15) is 4.79 Å². The van der Waals surface area contributed by atoms with Crippen LogP contribution in [0, 0.1) is 6.92 Å². The van der Waals surface area contributed by atoms with Gasteiger partial charge in [0.1, 0.15) is 5.82 Å². The van der Waals surface area contributed by atoms with Gasteiger partial charge in [0.25, 0.3) is 0 Å². The summed E-state index contributed by atoms with van der Waals surface area (Å²) in [5.41, 5.74) is 5.67. The van der Waals surface area contributed by atoms with Crippen LogP contribution in [-0.4, -0.2) is 27.4 Å². The summed E-state index contributed by atoms with van der Waals surface area (Å²) in [7, 11) is 0. The van der Waals surface area contributed by atoms with E-state index in [1.165, 1.54) is 11.1 Å². The number of fused-ring (bicyclic) bond motifs is 1. The van der Waals surface area contributed by atoms with Gasteiger partial charge in [-0.3, -0.25) is 0 Å². The van der Waals surface area contributed by atoms with Crippen molar-refractivity contribution in [1.29, 1.82) is 0 Å². The average Bonchev–Trinajstić information content (AvgIpc) is 3.18. The Morgan fingerprint density at radius 2 is 1.92 bits per heavy atom. The fourth-order valence-corrected chi connectivity index (χ4v) is 3.16. The number of aryl methyl sites for hydroxylation is 1. The monoisotopic (exact) mass is 319 g/mol. The molecule has 2 N–H and O–H groups in total. The lowest BCUT2D eigenvalue weighted by molar-refractivity contribution is 0.0697. The average molecular weight is 319 g/mol. The third-order valence-electron chi connectivity index (χ3n) is 4.41. The number of hydrogen-bond donors (Lipinski definition) is 2. The SMILES string of the molecule is Cc1ccccc1-c1nn(-c2ccc(C(=O)O)cc2)c2c1CCN2. The lowest BCUT2D eigenvalue weighted by Gasteiger charge is -2.07. The molecule has 24 heavy (non-hydrogen) atoms. The van der Waals surface area contributed by atoms with Crippen LogP contribution < -0.4 is 5.32 Å². The Balaban J connectivity index is 1.85. The smallest absolute Gasteiger partial charge is 0.335 e. The van der Waals surface area contributed by atoms with Crippen molar-refractivity contribution >= 4 is 11.8 Å². The fourth-order valence-electron chi connectivity index (χ4n) is 3.16. The summed E-state index contributed by atoms with van der Waals surface area (Å²) in [4.78, 5) is 11.0. The van der Waals surface area contributed by atoms with Gasteiger partial charge in [-0.2, -0.15) is 5.10 Å². The van der Waals surface area contributed by atoms with Crippen LogP contribution in [0.3, 0.4) is 0 Å². The van der Waals surface area contributed by atoms with Gasteiger partial charge >= 0.3 is 5.97 Å². The first-order valence-corrected chi connectivity index (χ1v) is 7.90. The molecule has 120 valence electrons. The van der Waals surface area contributed by atoms with E-state index in [4.69, 9.17) is 10.2 Å². The third kappa shape index (κ3) is 2.25. The van der Waals surface area contributed by atoms with Gasteiger partial charge in [0.2, 0.25) is 0 Å². The standard InChI is InChI=1S/C19H17N3O2/c1-12-4-2-3-5-15(12)17-16-10-11-20-18(16)22(21-17)14-8-6-13(7-9-14)19(23)24/h2-9,20H,10-11H2,1H3,(H,23,24). The Kier molecular flexibility index (Phi) is 3.34. The van der Waals surface area contributed by atoms with Crippen LogP contribution >= 0.6 is 0 Å². The molecule has 0 saturated heterocycles. The predicted molar refractivity (Wildman–Crippen MR) is 92.9 cm³/mol. The Bertz CT molecular complexity index is 926. The van der Waals surface area contributed by atoms with Crippen molar-refractivity contribution < 1.29 is 9.90 Å². The van der Waals surface area contributed by atoms with E-state index >= 15 is 0 Å². The molecular weight excluding hydrogens is 302 g/mol. The van der Waals surface area contributed by atoms with Crippen molar-refractivity contribution in [2.75, 3.05) is 11.9 Å². The maximum atomic E-state index is 11.0. The molecule has 0 unspecified atom stereocenters. The van der Waals surface area contributed by atoms with Gasteiger partial charge in [-0.15, -0.1) is 0 Å². The minimum atomic E-state index is -0.925. The second-order valence-corrected chi connectivity index (χ2v) is 5.93. The van der Waals surface area contributed by atoms with Crippen LogP contribution in [0.1, 0.15) is 21.5 Å². The number of aromatic nitrogens is 2. The molecule has 0 saturated carbocycles.